The third kappa shape index (κ3) is 5.66. The van der Waals surface area contributed by atoms with Crippen LogP contribution in [0, 0.1) is 5.82 Å². The molecule has 10 heteroatoms. The zero-order valence-electron chi connectivity index (χ0n) is 18.9. The first-order valence-electron chi connectivity index (χ1n) is 10.8. The minimum absolute atomic E-state index is 0.206. The molecule has 0 aliphatic carbocycles. The predicted octanol–water partition coefficient (Wildman–Crippen LogP) is 5.99. The van der Waals surface area contributed by atoms with E-state index < -0.39 is 17.8 Å². The van der Waals surface area contributed by atoms with Crippen molar-refractivity contribution in [2.45, 2.75) is 13.5 Å². The first-order chi connectivity index (χ1) is 17.3. The maximum atomic E-state index is 13.2. The van der Waals surface area contributed by atoms with E-state index in [1.165, 1.54) is 18.2 Å². The number of barbiturate groups is 1. The van der Waals surface area contributed by atoms with E-state index in [1.54, 1.807) is 48.5 Å². The summed E-state index contributed by atoms with van der Waals surface area (Å²) < 4.78 is 25.5. The number of amides is 4. The summed E-state index contributed by atoms with van der Waals surface area (Å²) in [6, 6.07) is 14.9. The second kappa shape index (κ2) is 11.0. The van der Waals surface area contributed by atoms with Crippen LogP contribution in [0.2, 0.25) is 0 Å². The van der Waals surface area contributed by atoms with Crippen molar-refractivity contribution >= 4 is 61.5 Å². The Kier molecular flexibility index (Phi) is 7.85. The third-order valence-electron chi connectivity index (χ3n) is 5.14. The van der Waals surface area contributed by atoms with Gasteiger partial charge in [-0.25, -0.2) is 14.1 Å². The molecule has 1 N–H and O–H groups in total. The molecule has 0 saturated carbocycles. The van der Waals surface area contributed by atoms with Crippen molar-refractivity contribution in [3.8, 4) is 11.5 Å². The summed E-state index contributed by atoms with van der Waals surface area (Å²) in [5.41, 5.74) is 1.39. The van der Waals surface area contributed by atoms with Crippen LogP contribution in [0.4, 0.5) is 14.9 Å². The van der Waals surface area contributed by atoms with Gasteiger partial charge in [0.05, 0.1) is 21.2 Å². The highest BCUT2D eigenvalue weighted by Gasteiger charge is 2.36. The highest BCUT2D eigenvalue weighted by Crippen LogP contribution is 2.36. The standard InChI is InChI=1S/C26H19Br2FN2O5/c1-2-35-19-9-7-18(8-10-19)31-25(33)20(24(32)30-26(31)34)11-16-12-21(27)23(22(28)13-16)36-14-15-3-5-17(29)6-4-15/h3-13H,2,14H2,1H3,(H,30,32,34)/b20-11+. The number of rotatable bonds is 7. The highest BCUT2D eigenvalue weighted by molar-refractivity contribution is 9.11. The molecule has 1 saturated heterocycles. The minimum Gasteiger partial charge on any atom is -0.494 e. The van der Waals surface area contributed by atoms with Crippen molar-refractivity contribution in [2.24, 2.45) is 0 Å². The van der Waals surface area contributed by atoms with Crippen LogP contribution in [0.1, 0.15) is 18.1 Å². The van der Waals surface area contributed by atoms with Crippen LogP contribution in [0.5, 0.6) is 11.5 Å². The summed E-state index contributed by atoms with van der Waals surface area (Å²) in [4.78, 5) is 39.0. The van der Waals surface area contributed by atoms with Crippen LogP contribution < -0.4 is 19.7 Å². The summed E-state index contributed by atoms with van der Waals surface area (Å²) in [6.07, 6.45) is 1.39. The van der Waals surface area contributed by atoms with Crippen molar-refractivity contribution in [1.29, 1.82) is 0 Å². The van der Waals surface area contributed by atoms with Gasteiger partial charge in [0.25, 0.3) is 11.8 Å². The van der Waals surface area contributed by atoms with Crippen LogP contribution >= 0.6 is 31.9 Å². The number of carbonyl (C=O) groups is 3. The fourth-order valence-electron chi connectivity index (χ4n) is 3.45. The van der Waals surface area contributed by atoms with Gasteiger partial charge in [-0.05, 0) is 105 Å². The summed E-state index contributed by atoms with van der Waals surface area (Å²) in [7, 11) is 0. The average molecular weight is 618 g/mol. The van der Waals surface area contributed by atoms with Crippen LogP contribution in [-0.2, 0) is 16.2 Å². The summed E-state index contributed by atoms with van der Waals surface area (Å²) in [6.45, 7) is 2.53. The molecule has 184 valence electrons. The fourth-order valence-corrected chi connectivity index (χ4v) is 4.90. The molecule has 1 fully saturated rings. The Morgan fingerprint density at radius 3 is 2.19 bits per heavy atom. The summed E-state index contributed by atoms with van der Waals surface area (Å²) in [5, 5.41) is 2.20. The zero-order valence-corrected chi connectivity index (χ0v) is 22.1. The molecule has 0 atom stereocenters. The van der Waals surface area contributed by atoms with Gasteiger partial charge in [0.1, 0.15) is 29.5 Å². The number of ether oxygens (including phenoxy) is 2. The van der Waals surface area contributed by atoms with Crippen LogP contribution in [-0.4, -0.2) is 24.5 Å². The monoisotopic (exact) mass is 616 g/mol. The Hall–Kier alpha value is -3.50. The number of hydrogen-bond donors (Lipinski definition) is 1. The van der Waals surface area contributed by atoms with Gasteiger partial charge in [-0.15, -0.1) is 0 Å². The lowest BCUT2D eigenvalue weighted by molar-refractivity contribution is -0.122. The molecule has 1 aliphatic rings. The molecule has 0 bridgehead atoms. The van der Waals surface area contributed by atoms with Crippen molar-refractivity contribution in [3.05, 3.63) is 92.1 Å². The van der Waals surface area contributed by atoms with Crippen molar-refractivity contribution in [3.63, 3.8) is 0 Å². The van der Waals surface area contributed by atoms with Crippen molar-refractivity contribution in [1.82, 2.24) is 5.32 Å². The van der Waals surface area contributed by atoms with Gasteiger partial charge in [-0.2, -0.15) is 0 Å². The quantitative estimate of drug-likeness (QED) is 0.260. The molecule has 0 radical (unpaired) electrons. The van der Waals surface area contributed by atoms with E-state index in [-0.39, 0.29) is 18.0 Å². The molecule has 0 spiro atoms. The smallest absolute Gasteiger partial charge is 0.335 e. The van der Waals surface area contributed by atoms with Gasteiger partial charge < -0.3 is 9.47 Å². The van der Waals surface area contributed by atoms with E-state index in [2.05, 4.69) is 37.2 Å². The number of hydrogen-bond acceptors (Lipinski definition) is 5. The Bertz CT molecular complexity index is 1330. The van der Waals surface area contributed by atoms with Gasteiger partial charge in [-0.1, -0.05) is 12.1 Å². The second-order valence-corrected chi connectivity index (χ2v) is 9.32. The van der Waals surface area contributed by atoms with Crippen LogP contribution in [0.3, 0.4) is 0 Å². The molecule has 0 aromatic heterocycles. The summed E-state index contributed by atoms with van der Waals surface area (Å²) in [5.74, 6) is -0.795. The average Bonchev–Trinajstić information content (AvgIpc) is 2.83. The summed E-state index contributed by atoms with van der Waals surface area (Å²) >= 11 is 6.90. The van der Waals surface area contributed by atoms with E-state index in [0.717, 1.165) is 10.5 Å². The Morgan fingerprint density at radius 1 is 0.944 bits per heavy atom. The number of imide groups is 2. The molecule has 4 rings (SSSR count). The lowest BCUT2D eigenvalue weighted by Gasteiger charge is -2.26. The van der Waals surface area contributed by atoms with Crippen molar-refractivity contribution in [2.75, 3.05) is 11.5 Å². The molecular weight excluding hydrogens is 599 g/mol. The second-order valence-electron chi connectivity index (χ2n) is 7.61. The fraction of sp³-hybridized carbons (Fsp3) is 0.115. The van der Waals surface area contributed by atoms with Crippen LogP contribution in [0.25, 0.3) is 6.08 Å². The van der Waals surface area contributed by atoms with Gasteiger partial charge in [0.2, 0.25) is 0 Å². The van der Waals surface area contributed by atoms with Gasteiger partial charge >= 0.3 is 6.03 Å². The normalized spacial score (nSPS) is 14.7. The van der Waals surface area contributed by atoms with Crippen LogP contribution in [0.15, 0.2) is 75.2 Å². The highest BCUT2D eigenvalue weighted by atomic mass is 79.9. The first-order valence-corrected chi connectivity index (χ1v) is 12.4. The topological polar surface area (TPSA) is 84.9 Å². The number of nitrogens with zero attached hydrogens (tertiary/aromatic N) is 1. The molecular formula is C26H19Br2FN2O5. The third-order valence-corrected chi connectivity index (χ3v) is 6.31. The minimum atomic E-state index is -0.835. The predicted molar refractivity (Wildman–Crippen MR) is 139 cm³/mol. The molecule has 4 amide bonds. The molecule has 1 heterocycles. The molecule has 7 nitrogen and oxygen atoms in total. The number of carbonyl (C=O) groups excluding carboxylic acids is 3. The number of benzene rings is 3. The lowest BCUT2D eigenvalue weighted by Crippen LogP contribution is -2.54. The Balaban J connectivity index is 1.58. The molecule has 36 heavy (non-hydrogen) atoms. The Morgan fingerprint density at radius 2 is 1.58 bits per heavy atom. The van der Waals surface area contributed by atoms with Gasteiger partial charge in [0, 0.05) is 0 Å². The first kappa shape index (κ1) is 25.6. The molecule has 3 aromatic rings. The van der Waals surface area contributed by atoms with Crippen molar-refractivity contribution < 1.29 is 28.2 Å². The maximum Gasteiger partial charge on any atom is 0.335 e. The SMILES string of the molecule is CCOc1ccc(N2C(=O)NC(=O)/C(=C\c3cc(Br)c(OCc4ccc(F)cc4)c(Br)c3)C2=O)cc1. The van der Waals surface area contributed by atoms with E-state index in [0.29, 0.717) is 38.3 Å². The number of halogens is 3. The molecule has 1 aliphatic heterocycles. The Labute approximate surface area is 223 Å². The van der Waals surface area contributed by atoms with E-state index in [9.17, 15) is 18.8 Å². The van der Waals surface area contributed by atoms with E-state index in [1.807, 2.05) is 6.92 Å². The van der Waals surface area contributed by atoms with Gasteiger partial charge in [-0.3, -0.25) is 14.9 Å². The van der Waals surface area contributed by atoms with E-state index in [4.69, 9.17) is 9.47 Å². The van der Waals surface area contributed by atoms with Gasteiger partial charge in [0.15, 0.2) is 0 Å². The molecule has 0 unspecified atom stereocenters. The maximum absolute atomic E-state index is 13.2. The largest absolute Gasteiger partial charge is 0.494 e. The molecule has 3 aromatic carbocycles. The number of urea groups is 1. The zero-order chi connectivity index (χ0) is 25.8. The lowest BCUT2D eigenvalue weighted by atomic mass is 10.1. The number of nitrogens with one attached hydrogen (secondary N) is 1. The van der Waals surface area contributed by atoms with E-state index >= 15 is 0 Å². The number of anilines is 1.